The molecule has 2 aliphatic carbocycles. The molecule has 0 spiro atoms. The van der Waals surface area contributed by atoms with Gasteiger partial charge in [-0.2, -0.15) is 0 Å². The molecular weight excluding hydrogens is 172 g/mol. The van der Waals surface area contributed by atoms with E-state index in [2.05, 4.69) is 13.8 Å². The molecule has 2 rings (SSSR count). The molecule has 0 unspecified atom stereocenters. The van der Waals surface area contributed by atoms with E-state index in [4.69, 9.17) is 0 Å². The normalized spacial score (nSPS) is 36.0. The fourth-order valence-electron chi connectivity index (χ4n) is 2.94. The van der Waals surface area contributed by atoms with Crippen LogP contribution in [0.1, 0.15) is 58.8 Å². The van der Waals surface area contributed by atoms with E-state index in [1.54, 1.807) is 0 Å². The molecule has 0 amide bonds. The van der Waals surface area contributed by atoms with Crippen LogP contribution in [0.3, 0.4) is 0 Å². The van der Waals surface area contributed by atoms with E-state index in [1.807, 2.05) is 0 Å². The van der Waals surface area contributed by atoms with Gasteiger partial charge in [-0.05, 0) is 49.9 Å². The van der Waals surface area contributed by atoms with E-state index in [-0.39, 0.29) is 5.60 Å². The molecule has 2 aliphatic rings. The molecule has 2 saturated carbocycles. The Hall–Kier alpha value is -0.0400. The lowest BCUT2D eigenvalue weighted by Gasteiger charge is -2.31. The molecule has 1 N–H and O–H groups in total. The van der Waals surface area contributed by atoms with Gasteiger partial charge in [0.25, 0.3) is 0 Å². The lowest BCUT2D eigenvalue weighted by atomic mass is 9.75. The van der Waals surface area contributed by atoms with Gasteiger partial charge in [0.15, 0.2) is 0 Å². The smallest absolute Gasteiger partial charge is 0.0652 e. The highest BCUT2D eigenvalue weighted by Crippen LogP contribution is 2.45. The van der Waals surface area contributed by atoms with Gasteiger partial charge in [-0.1, -0.05) is 26.7 Å². The molecule has 1 nitrogen and oxygen atoms in total. The van der Waals surface area contributed by atoms with Crippen molar-refractivity contribution in [2.75, 3.05) is 0 Å². The Bertz CT molecular complexity index is 185. The van der Waals surface area contributed by atoms with Crippen LogP contribution in [0.15, 0.2) is 0 Å². The summed E-state index contributed by atoms with van der Waals surface area (Å²) in [6, 6.07) is 0. The lowest BCUT2D eigenvalue weighted by Crippen LogP contribution is -2.22. The maximum Gasteiger partial charge on any atom is 0.0652 e. The van der Waals surface area contributed by atoms with Crippen molar-refractivity contribution < 1.29 is 5.11 Å². The maximum atomic E-state index is 9.86. The second-order valence-corrected chi connectivity index (χ2v) is 5.95. The van der Waals surface area contributed by atoms with Crippen molar-refractivity contribution in [2.45, 2.75) is 64.4 Å². The molecule has 14 heavy (non-hydrogen) atoms. The lowest BCUT2D eigenvalue weighted by molar-refractivity contribution is 0.0964. The number of hydrogen-bond donors (Lipinski definition) is 1. The van der Waals surface area contributed by atoms with Gasteiger partial charge in [-0.15, -0.1) is 0 Å². The van der Waals surface area contributed by atoms with E-state index in [0.29, 0.717) is 0 Å². The first-order chi connectivity index (χ1) is 6.59. The molecule has 0 aliphatic heterocycles. The first kappa shape index (κ1) is 10.5. The Kier molecular flexibility index (Phi) is 2.88. The minimum atomic E-state index is -0.213. The van der Waals surface area contributed by atoms with Crippen molar-refractivity contribution in [3.63, 3.8) is 0 Å². The zero-order chi connectivity index (χ0) is 10.2. The third-order valence-corrected chi connectivity index (χ3v) is 4.33. The zero-order valence-electron chi connectivity index (χ0n) is 9.63. The molecule has 0 atom stereocenters. The topological polar surface area (TPSA) is 20.2 Å². The molecular formula is C13H24O. The fourth-order valence-corrected chi connectivity index (χ4v) is 2.94. The van der Waals surface area contributed by atoms with Crippen LogP contribution in [-0.4, -0.2) is 10.7 Å². The van der Waals surface area contributed by atoms with Crippen LogP contribution in [0.5, 0.6) is 0 Å². The van der Waals surface area contributed by atoms with Crippen LogP contribution < -0.4 is 0 Å². The van der Waals surface area contributed by atoms with E-state index in [1.165, 1.54) is 25.7 Å². The number of rotatable bonds is 3. The van der Waals surface area contributed by atoms with Crippen LogP contribution in [-0.2, 0) is 0 Å². The molecule has 0 radical (unpaired) electrons. The third-order valence-electron chi connectivity index (χ3n) is 4.33. The SMILES string of the molecule is CC(C)C1CCC(CC2(O)CC2)CC1. The highest BCUT2D eigenvalue weighted by Gasteiger charge is 2.42. The molecule has 0 aromatic carbocycles. The van der Waals surface area contributed by atoms with Gasteiger partial charge in [0.1, 0.15) is 0 Å². The summed E-state index contributed by atoms with van der Waals surface area (Å²) in [6.45, 7) is 4.69. The largest absolute Gasteiger partial charge is 0.390 e. The summed E-state index contributed by atoms with van der Waals surface area (Å²) in [5.41, 5.74) is -0.213. The van der Waals surface area contributed by atoms with E-state index < -0.39 is 0 Å². The highest BCUT2D eigenvalue weighted by atomic mass is 16.3. The van der Waals surface area contributed by atoms with Crippen LogP contribution in [0.2, 0.25) is 0 Å². The molecule has 2 fully saturated rings. The van der Waals surface area contributed by atoms with Crippen LogP contribution in [0.4, 0.5) is 0 Å². The minimum Gasteiger partial charge on any atom is -0.390 e. The Morgan fingerprint density at radius 3 is 2.14 bits per heavy atom. The van der Waals surface area contributed by atoms with Crippen molar-refractivity contribution in [1.29, 1.82) is 0 Å². The van der Waals surface area contributed by atoms with Crippen LogP contribution in [0, 0.1) is 17.8 Å². The maximum absolute atomic E-state index is 9.86. The van der Waals surface area contributed by atoms with Crippen molar-refractivity contribution in [2.24, 2.45) is 17.8 Å². The summed E-state index contributed by atoms with van der Waals surface area (Å²) in [7, 11) is 0. The first-order valence-corrected chi connectivity index (χ1v) is 6.31. The fraction of sp³-hybridized carbons (Fsp3) is 1.00. The number of aliphatic hydroxyl groups is 1. The van der Waals surface area contributed by atoms with Crippen molar-refractivity contribution in [1.82, 2.24) is 0 Å². The Labute approximate surface area is 87.9 Å². The molecule has 0 bridgehead atoms. The van der Waals surface area contributed by atoms with Gasteiger partial charge >= 0.3 is 0 Å². The van der Waals surface area contributed by atoms with Crippen molar-refractivity contribution >= 4 is 0 Å². The molecule has 0 aromatic heterocycles. The van der Waals surface area contributed by atoms with Gasteiger partial charge in [0.2, 0.25) is 0 Å². The average Bonchev–Trinajstić information content (AvgIpc) is 2.84. The van der Waals surface area contributed by atoms with Crippen molar-refractivity contribution in [3.05, 3.63) is 0 Å². The van der Waals surface area contributed by atoms with Gasteiger partial charge in [-0.3, -0.25) is 0 Å². The summed E-state index contributed by atoms with van der Waals surface area (Å²) in [6.07, 6.45) is 8.76. The first-order valence-electron chi connectivity index (χ1n) is 6.31. The van der Waals surface area contributed by atoms with Crippen molar-refractivity contribution in [3.8, 4) is 0 Å². The van der Waals surface area contributed by atoms with Gasteiger partial charge in [0, 0.05) is 0 Å². The Balaban J connectivity index is 1.73. The van der Waals surface area contributed by atoms with E-state index in [9.17, 15) is 5.11 Å². The third kappa shape index (κ3) is 2.50. The predicted octanol–water partition coefficient (Wildman–Crippen LogP) is 3.36. The zero-order valence-corrected chi connectivity index (χ0v) is 9.63. The summed E-state index contributed by atoms with van der Waals surface area (Å²) in [4.78, 5) is 0. The average molecular weight is 196 g/mol. The van der Waals surface area contributed by atoms with Crippen LogP contribution >= 0.6 is 0 Å². The predicted molar refractivity (Wildman–Crippen MR) is 59.1 cm³/mol. The van der Waals surface area contributed by atoms with Gasteiger partial charge < -0.3 is 5.11 Å². The summed E-state index contributed by atoms with van der Waals surface area (Å²) in [5, 5.41) is 9.86. The second kappa shape index (κ2) is 3.84. The molecule has 1 heteroatoms. The Morgan fingerprint density at radius 2 is 1.71 bits per heavy atom. The monoisotopic (exact) mass is 196 g/mol. The molecule has 82 valence electrons. The van der Waals surface area contributed by atoms with Crippen LogP contribution in [0.25, 0.3) is 0 Å². The molecule has 0 heterocycles. The highest BCUT2D eigenvalue weighted by molar-refractivity contribution is 4.95. The summed E-state index contributed by atoms with van der Waals surface area (Å²) in [5.74, 6) is 2.65. The Morgan fingerprint density at radius 1 is 1.14 bits per heavy atom. The molecule has 0 saturated heterocycles. The second-order valence-electron chi connectivity index (χ2n) is 5.95. The number of hydrogen-bond acceptors (Lipinski definition) is 1. The van der Waals surface area contributed by atoms with E-state index in [0.717, 1.165) is 37.0 Å². The summed E-state index contributed by atoms with van der Waals surface area (Å²) >= 11 is 0. The molecule has 0 aromatic rings. The minimum absolute atomic E-state index is 0.213. The summed E-state index contributed by atoms with van der Waals surface area (Å²) < 4.78 is 0. The standard InChI is InChI=1S/C13H24O/c1-10(2)12-5-3-11(4-6-12)9-13(14)7-8-13/h10-12,14H,3-9H2,1-2H3. The quantitative estimate of drug-likeness (QED) is 0.734. The van der Waals surface area contributed by atoms with Gasteiger partial charge in [0.05, 0.1) is 5.60 Å². The van der Waals surface area contributed by atoms with Gasteiger partial charge in [-0.25, -0.2) is 0 Å². The van der Waals surface area contributed by atoms with E-state index >= 15 is 0 Å².